The van der Waals surface area contributed by atoms with Crippen molar-refractivity contribution in [2.45, 2.75) is 13.0 Å². The lowest BCUT2D eigenvalue weighted by atomic mass is 10.0. The molecule has 0 saturated carbocycles. The highest BCUT2D eigenvalue weighted by Gasteiger charge is 2.20. The molecule has 17 heavy (non-hydrogen) atoms. The Hall–Kier alpha value is -1.13. The van der Waals surface area contributed by atoms with Gasteiger partial charge in [-0.15, -0.1) is 0 Å². The Labute approximate surface area is 102 Å². The van der Waals surface area contributed by atoms with Crippen molar-refractivity contribution in [2.24, 2.45) is 0 Å². The zero-order valence-corrected chi connectivity index (χ0v) is 10.4. The third-order valence-electron chi connectivity index (χ3n) is 3.34. The van der Waals surface area contributed by atoms with E-state index in [2.05, 4.69) is 17.1 Å². The molecule has 0 spiro atoms. The molecule has 0 aromatic heterocycles. The number of ether oxygens (including phenoxy) is 1. The van der Waals surface area contributed by atoms with E-state index in [1.165, 1.54) is 12.1 Å². The molecular formula is C13H19FN2O. The summed E-state index contributed by atoms with van der Waals surface area (Å²) in [5.41, 5.74) is 1.05. The maximum Gasteiger partial charge on any atom is 0.126 e. The molecule has 0 bridgehead atoms. The van der Waals surface area contributed by atoms with Crippen LogP contribution in [0.1, 0.15) is 18.5 Å². The molecular weight excluding hydrogens is 219 g/mol. The van der Waals surface area contributed by atoms with Crippen LogP contribution in [0, 0.1) is 5.82 Å². The molecule has 1 fully saturated rings. The van der Waals surface area contributed by atoms with Gasteiger partial charge in [-0.2, -0.15) is 0 Å². The number of nitrogens with one attached hydrogen (secondary N) is 1. The Morgan fingerprint density at radius 2 is 2.06 bits per heavy atom. The van der Waals surface area contributed by atoms with E-state index < -0.39 is 0 Å². The van der Waals surface area contributed by atoms with Gasteiger partial charge in [-0.1, -0.05) is 6.07 Å². The Bertz CT molecular complexity index is 378. The summed E-state index contributed by atoms with van der Waals surface area (Å²) >= 11 is 0. The molecule has 94 valence electrons. The smallest absolute Gasteiger partial charge is 0.126 e. The lowest BCUT2D eigenvalue weighted by molar-refractivity contribution is 0.182. The largest absolute Gasteiger partial charge is 0.496 e. The minimum absolute atomic E-state index is 0.252. The van der Waals surface area contributed by atoms with Crippen LogP contribution in [-0.2, 0) is 0 Å². The molecule has 1 heterocycles. The van der Waals surface area contributed by atoms with E-state index in [0.29, 0.717) is 5.75 Å². The molecule has 0 radical (unpaired) electrons. The van der Waals surface area contributed by atoms with Crippen molar-refractivity contribution in [3.63, 3.8) is 0 Å². The quantitative estimate of drug-likeness (QED) is 0.869. The van der Waals surface area contributed by atoms with Gasteiger partial charge in [0.1, 0.15) is 11.6 Å². The molecule has 0 amide bonds. The van der Waals surface area contributed by atoms with Crippen molar-refractivity contribution in [3.05, 3.63) is 29.6 Å². The summed E-state index contributed by atoms with van der Waals surface area (Å²) in [5.74, 6) is 0.383. The van der Waals surface area contributed by atoms with Crippen LogP contribution in [0.5, 0.6) is 5.75 Å². The number of hydrogen-bond acceptors (Lipinski definition) is 3. The number of piperazine rings is 1. The second kappa shape index (κ2) is 5.47. The van der Waals surface area contributed by atoms with Gasteiger partial charge >= 0.3 is 0 Å². The van der Waals surface area contributed by atoms with Crippen molar-refractivity contribution in [1.29, 1.82) is 0 Å². The third-order valence-corrected chi connectivity index (χ3v) is 3.34. The molecule has 1 saturated heterocycles. The molecule has 3 nitrogen and oxygen atoms in total. The Balaban J connectivity index is 2.19. The first-order chi connectivity index (χ1) is 8.22. The van der Waals surface area contributed by atoms with Crippen LogP contribution in [0.2, 0.25) is 0 Å². The van der Waals surface area contributed by atoms with Gasteiger partial charge in [-0.25, -0.2) is 4.39 Å². The molecule has 2 rings (SSSR count). The van der Waals surface area contributed by atoms with E-state index in [9.17, 15) is 4.39 Å². The van der Waals surface area contributed by atoms with Gasteiger partial charge in [0.15, 0.2) is 0 Å². The van der Waals surface area contributed by atoms with E-state index in [4.69, 9.17) is 4.74 Å². The Kier molecular flexibility index (Phi) is 3.97. The molecule has 1 N–H and O–H groups in total. The fraction of sp³-hybridized carbons (Fsp3) is 0.538. The van der Waals surface area contributed by atoms with Crippen LogP contribution in [0.15, 0.2) is 18.2 Å². The maximum absolute atomic E-state index is 13.1. The lowest BCUT2D eigenvalue weighted by Crippen LogP contribution is -2.44. The summed E-state index contributed by atoms with van der Waals surface area (Å²) in [7, 11) is 1.59. The standard InChI is InChI=1S/C13H19FN2O/c1-10(16-7-5-15-6-8-16)12-4-3-11(14)9-13(12)17-2/h3-4,9-10,15H,5-8H2,1-2H3/t10-/m0/s1. The minimum atomic E-state index is -0.252. The number of hydrogen-bond donors (Lipinski definition) is 1. The zero-order chi connectivity index (χ0) is 12.3. The number of methoxy groups -OCH3 is 1. The molecule has 0 aliphatic carbocycles. The SMILES string of the molecule is COc1cc(F)ccc1[C@H](C)N1CCNCC1. The number of rotatable bonds is 3. The first-order valence-corrected chi connectivity index (χ1v) is 6.00. The molecule has 0 unspecified atom stereocenters. The summed E-state index contributed by atoms with van der Waals surface area (Å²) in [6.07, 6.45) is 0. The molecule has 1 aliphatic heterocycles. The highest BCUT2D eigenvalue weighted by Crippen LogP contribution is 2.29. The topological polar surface area (TPSA) is 24.5 Å². The first-order valence-electron chi connectivity index (χ1n) is 6.00. The van der Waals surface area contributed by atoms with Crippen LogP contribution in [0.3, 0.4) is 0 Å². The molecule has 1 aromatic carbocycles. The average Bonchev–Trinajstić information content (AvgIpc) is 2.39. The van der Waals surface area contributed by atoms with E-state index in [-0.39, 0.29) is 11.9 Å². The summed E-state index contributed by atoms with van der Waals surface area (Å²) in [6, 6.07) is 5.03. The monoisotopic (exact) mass is 238 g/mol. The highest BCUT2D eigenvalue weighted by molar-refractivity contribution is 5.36. The van der Waals surface area contributed by atoms with Gasteiger partial charge in [-0.3, -0.25) is 4.90 Å². The lowest BCUT2D eigenvalue weighted by Gasteiger charge is -2.33. The van der Waals surface area contributed by atoms with Gasteiger partial charge in [0.2, 0.25) is 0 Å². The summed E-state index contributed by atoms with van der Waals surface area (Å²) in [6.45, 7) is 6.19. The Morgan fingerprint density at radius 3 is 2.71 bits per heavy atom. The predicted molar refractivity (Wildman–Crippen MR) is 65.8 cm³/mol. The van der Waals surface area contributed by atoms with E-state index in [1.807, 2.05) is 6.07 Å². The number of benzene rings is 1. The summed E-state index contributed by atoms with van der Waals surface area (Å²) in [5, 5.41) is 3.33. The normalized spacial score (nSPS) is 19.0. The molecule has 1 aromatic rings. The van der Waals surface area contributed by atoms with Crippen molar-refractivity contribution < 1.29 is 9.13 Å². The summed E-state index contributed by atoms with van der Waals surface area (Å²) in [4.78, 5) is 2.38. The van der Waals surface area contributed by atoms with Gasteiger partial charge in [0.05, 0.1) is 7.11 Å². The third kappa shape index (κ3) is 2.76. The van der Waals surface area contributed by atoms with Gasteiger partial charge in [0.25, 0.3) is 0 Å². The van der Waals surface area contributed by atoms with Crippen LogP contribution >= 0.6 is 0 Å². The molecule has 1 aliphatic rings. The van der Waals surface area contributed by atoms with Crippen molar-refractivity contribution in [2.75, 3.05) is 33.3 Å². The fourth-order valence-corrected chi connectivity index (χ4v) is 2.30. The second-order valence-electron chi connectivity index (χ2n) is 4.35. The van der Waals surface area contributed by atoms with E-state index in [1.54, 1.807) is 7.11 Å². The van der Waals surface area contributed by atoms with Crippen molar-refractivity contribution >= 4 is 0 Å². The van der Waals surface area contributed by atoms with Crippen LogP contribution in [0.25, 0.3) is 0 Å². The summed E-state index contributed by atoms with van der Waals surface area (Å²) < 4.78 is 18.4. The number of halogens is 1. The number of nitrogens with zero attached hydrogens (tertiary/aromatic N) is 1. The minimum Gasteiger partial charge on any atom is -0.496 e. The zero-order valence-electron chi connectivity index (χ0n) is 10.4. The van der Waals surface area contributed by atoms with E-state index in [0.717, 1.165) is 31.7 Å². The molecule has 4 heteroatoms. The average molecular weight is 238 g/mol. The van der Waals surface area contributed by atoms with E-state index >= 15 is 0 Å². The predicted octanol–water partition coefficient (Wildman–Crippen LogP) is 1.80. The maximum atomic E-state index is 13.1. The van der Waals surface area contributed by atoms with Gasteiger partial charge < -0.3 is 10.1 Å². The molecule has 1 atom stereocenters. The van der Waals surface area contributed by atoms with Gasteiger partial charge in [0, 0.05) is 43.9 Å². The van der Waals surface area contributed by atoms with Crippen LogP contribution < -0.4 is 10.1 Å². The van der Waals surface area contributed by atoms with Gasteiger partial charge in [-0.05, 0) is 13.0 Å². The highest BCUT2D eigenvalue weighted by atomic mass is 19.1. The van der Waals surface area contributed by atoms with Crippen molar-refractivity contribution in [1.82, 2.24) is 10.2 Å². The van der Waals surface area contributed by atoms with Crippen molar-refractivity contribution in [3.8, 4) is 5.75 Å². The first kappa shape index (κ1) is 12.3. The second-order valence-corrected chi connectivity index (χ2v) is 4.35. The fourth-order valence-electron chi connectivity index (χ4n) is 2.30. The van der Waals surface area contributed by atoms with Crippen LogP contribution in [-0.4, -0.2) is 38.2 Å². The van der Waals surface area contributed by atoms with Crippen LogP contribution in [0.4, 0.5) is 4.39 Å². The Morgan fingerprint density at radius 1 is 1.35 bits per heavy atom.